The smallest absolute Gasteiger partial charge is 0.253 e. The molecule has 0 aliphatic carbocycles. The number of anilines is 1. The Labute approximate surface area is 184 Å². The van der Waals surface area contributed by atoms with Gasteiger partial charge in [-0.05, 0) is 56.4 Å². The van der Waals surface area contributed by atoms with E-state index in [4.69, 9.17) is 0 Å². The van der Waals surface area contributed by atoms with Gasteiger partial charge in [0.15, 0.2) is 0 Å². The van der Waals surface area contributed by atoms with Crippen LogP contribution in [0.3, 0.4) is 0 Å². The van der Waals surface area contributed by atoms with E-state index in [0.717, 1.165) is 74.6 Å². The number of benzene rings is 1. The molecular weight excluding hydrogens is 408 g/mol. The third-order valence-electron chi connectivity index (χ3n) is 5.97. The monoisotopic (exact) mass is 432 g/mol. The standard InChI is InChI=1S/C23H24N6OS/c1-14-15(2)27-28-22-18(14)19-20(31-22)21(26-13-25-19)24-12-16-6-8-17(9-7-16)23(30)29-10-4-3-5-11-29/h6-9,13H,3-5,10-12H2,1-2H3,(H,24,25,26). The highest BCUT2D eigenvalue weighted by Gasteiger charge is 2.18. The number of nitrogens with one attached hydrogen (secondary N) is 1. The summed E-state index contributed by atoms with van der Waals surface area (Å²) < 4.78 is 0.984. The van der Waals surface area contributed by atoms with Gasteiger partial charge in [-0.3, -0.25) is 4.79 Å². The van der Waals surface area contributed by atoms with E-state index < -0.39 is 0 Å². The molecule has 1 amide bonds. The predicted molar refractivity (Wildman–Crippen MR) is 124 cm³/mol. The Kier molecular flexibility index (Phi) is 5.23. The first-order chi connectivity index (χ1) is 15.1. The van der Waals surface area contributed by atoms with Gasteiger partial charge >= 0.3 is 0 Å². The molecule has 1 fully saturated rings. The fourth-order valence-corrected chi connectivity index (χ4v) is 5.14. The molecule has 4 heterocycles. The fraction of sp³-hybridized carbons (Fsp3) is 0.348. The summed E-state index contributed by atoms with van der Waals surface area (Å²) in [6.07, 6.45) is 5.01. The van der Waals surface area contributed by atoms with E-state index in [0.29, 0.717) is 6.54 Å². The molecule has 0 spiro atoms. The molecule has 31 heavy (non-hydrogen) atoms. The topological polar surface area (TPSA) is 83.9 Å². The van der Waals surface area contributed by atoms with Gasteiger partial charge in [0.2, 0.25) is 0 Å². The van der Waals surface area contributed by atoms with Crippen LogP contribution in [0, 0.1) is 13.8 Å². The molecule has 3 aromatic heterocycles. The van der Waals surface area contributed by atoms with Gasteiger partial charge in [-0.25, -0.2) is 9.97 Å². The molecule has 0 saturated carbocycles. The maximum atomic E-state index is 12.7. The van der Waals surface area contributed by atoms with Crippen molar-refractivity contribution in [1.29, 1.82) is 0 Å². The van der Waals surface area contributed by atoms with Crippen molar-refractivity contribution in [3.63, 3.8) is 0 Å². The highest BCUT2D eigenvalue weighted by atomic mass is 32.1. The molecule has 0 unspecified atom stereocenters. The predicted octanol–water partition coefficient (Wildman–Crippen LogP) is 4.49. The van der Waals surface area contributed by atoms with E-state index in [1.54, 1.807) is 17.7 Å². The van der Waals surface area contributed by atoms with Crippen molar-refractivity contribution in [2.75, 3.05) is 18.4 Å². The van der Waals surface area contributed by atoms with Gasteiger partial charge in [0.1, 0.15) is 17.0 Å². The summed E-state index contributed by atoms with van der Waals surface area (Å²) in [6.45, 7) is 6.36. The normalized spacial score (nSPS) is 14.3. The van der Waals surface area contributed by atoms with Crippen molar-refractivity contribution in [2.24, 2.45) is 0 Å². The van der Waals surface area contributed by atoms with Crippen LogP contribution < -0.4 is 5.32 Å². The van der Waals surface area contributed by atoms with E-state index in [9.17, 15) is 4.79 Å². The first kappa shape index (κ1) is 19.8. The van der Waals surface area contributed by atoms with Crippen molar-refractivity contribution in [3.05, 3.63) is 53.0 Å². The molecule has 5 rings (SSSR count). The van der Waals surface area contributed by atoms with Gasteiger partial charge in [-0.15, -0.1) is 16.4 Å². The molecule has 1 aromatic carbocycles. The molecular formula is C23H24N6OS. The van der Waals surface area contributed by atoms with Gasteiger partial charge < -0.3 is 10.2 Å². The molecule has 0 bridgehead atoms. The third-order valence-corrected chi connectivity index (χ3v) is 7.04. The minimum atomic E-state index is 0.133. The minimum absolute atomic E-state index is 0.133. The number of carbonyl (C=O) groups is 1. The summed E-state index contributed by atoms with van der Waals surface area (Å²) in [6, 6.07) is 7.86. The Morgan fingerprint density at radius 2 is 1.84 bits per heavy atom. The number of rotatable bonds is 4. The van der Waals surface area contributed by atoms with E-state index in [1.807, 2.05) is 36.1 Å². The van der Waals surface area contributed by atoms with Crippen LogP contribution >= 0.6 is 11.3 Å². The highest BCUT2D eigenvalue weighted by Crippen LogP contribution is 2.36. The Morgan fingerprint density at radius 3 is 2.61 bits per heavy atom. The lowest BCUT2D eigenvalue weighted by Gasteiger charge is -2.26. The zero-order valence-electron chi connectivity index (χ0n) is 17.7. The molecule has 7 nitrogen and oxygen atoms in total. The van der Waals surface area contributed by atoms with E-state index >= 15 is 0 Å². The summed E-state index contributed by atoms with van der Waals surface area (Å²) in [4.78, 5) is 24.5. The summed E-state index contributed by atoms with van der Waals surface area (Å²) in [5.41, 5.74) is 4.78. The van der Waals surface area contributed by atoms with E-state index in [2.05, 4.69) is 32.4 Å². The number of aryl methyl sites for hydroxylation is 2. The first-order valence-electron chi connectivity index (χ1n) is 10.6. The first-order valence-corrected chi connectivity index (χ1v) is 11.4. The van der Waals surface area contributed by atoms with E-state index in [-0.39, 0.29) is 5.91 Å². The van der Waals surface area contributed by atoms with Crippen molar-refractivity contribution >= 4 is 43.5 Å². The molecule has 1 N–H and O–H groups in total. The number of carbonyl (C=O) groups excluding carboxylic acids is 1. The van der Waals surface area contributed by atoms with Gasteiger partial charge in [-0.1, -0.05) is 12.1 Å². The maximum Gasteiger partial charge on any atom is 0.253 e. The lowest BCUT2D eigenvalue weighted by atomic mass is 10.1. The van der Waals surface area contributed by atoms with Crippen LogP contribution in [0.5, 0.6) is 0 Å². The summed E-state index contributed by atoms with van der Waals surface area (Å²) in [7, 11) is 0. The van der Waals surface area contributed by atoms with Crippen LogP contribution in [0.25, 0.3) is 20.4 Å². The summed E-state index contributed by atoms with van der Waals surface area (Å²) in [5.74, 6) is 0.923. The highest BCUT2D eigenvalue weighted by molar-refractivity contribution is 7.25. The van der Waals surface area contributed by atoms with Crippen LogP contribution in [-0.2, 0) is 6.54 Å². The van der Waals surface area contributed by atoms with Crippen molar-refractivity contribution in [3.8, 4) is 0 Å². The second kappa shape index (κ2) is 8.19. The fourth-order valence-electron chi connectivity index (χ4n) is 4.04. The zero-order valence-corrected chi connectivity index (χ0v) is 18.5. The second-order valence-corrected chi connectivity index (χ2v) is 9.00. The van der Waals surface area contributed by atoms with Crippen LogP contribution in [0.15, 0.2) is 30.6 Å². The van der Waals surface area contributed by atoms with Gasteiger partial charge in [-0.2, -0.15) is 5.10 Å². The number of nitrogens with zero attached hydrogens (tertiary/aromatic N) is 5. The van der Waals surface area contributed by atoms with Gasteiger partial charge in [0.25, 0.3) is 5.91 Å². The lowest BCUT2D eigenvalue weighted by molar-refractivity contribution is 0.0724. The Balaban J connectivity index is 1.35. The quantitative estimate of drug-likeness (QED) is 0.512. The van der Waals surface area contributed by atoms with Gasteiger partial charge in [0, 0.05) is 30.6 Å². The number of hydrogen-bond acceptors (Lipinski definition) is 7. The van der Waals surface area contributed by atoms with Crippen LogP contribution in [0.4, 0.5) is 5.82 Å². The Bertz CT molecular complexity index is 1260. The maximum absolute atomic E-state index is 12.7. The minimum Gasteiger partial charge on any atom is -0.365 e. The molecule has 4 aromatic rings. The Hall–Kier alpha value is -3.13. The number of thiophene rings is 1. The Morgan fingerprint density at radius 1 is 1.06 bits per heavy atom. The van der Waals surface area contributed by atoms with E-state index in [1.165, 1.54) is 6.42 Å². The van der Waals surface area contributed by atoms with Crippen LogP contribution in [0.1, 0.15) is 46.4 Å². The molecule has 0 atom stereocenters. The second-order valence-electron chi connectivity index (χ2n) is 8.00. The zero-order chi connectivity index (χ0) is 21.4. The number of aromatic nitrogens is 4. The number of hydrogen-bond donors (Lipinski definition) is 1. The number of amides is 1. The molecule has 1 aliphatic heterocycles. The summed E-state index contributed by atoms with van der Waals surface area (Å²) in [5, 5.41) is 13.1. The number of fused-ring (bicyclic) bond motifs is 3. The van der Waals surface area contributed by atoms with Crippen molar-refractivity contribution < 1.29 is 4.79 Å². The molecule has 1 aliphatic rings. The van der Waals surface area contributed by atoms with Crippen LogP contribution in [-0.4, -0.2) is 44.1 Å². The number of piperidine rings is 1. The van der Waals surface area contributed by atoms with Crippen LogP contribution in [0.2, 0.25) is 0 Å². The SMILES string of the molecule is Cc1nnc2sc3c(NCc4ccc(C(=O)N5CCCCC5)cc4)ncnc3c2c1C. The average molecular weight is 433 g/mol. The van der Waals surface area contributed by atoms with Crippen molar-refractivity contribution in [1.82, 2.24) is 25.1 Å². The molecule has 1 saturated heterocycles. The molecule has 158 valence electrons. The third kappa shape index (κ3) is 3.72. The van der Waals surface area contributed by atoms with Gasteiger partial charge in [0.05, 0.1) is 15.9 Å². The molecule has 8 heteroatoms. The summed E-state index contributed by atoms with van der Waals surface area (Å²) >= 11 is 1.56. The van der Waals surface area contributed by atoms with Crippen molar-refractivity contribution in [2.45, 2.75) is 39.7 Å². The lowest BCUT2D eigenvalue weighted by Crippen LogP contribution is -2.35. The molecule has 0 radical (unpaired) electrons. The average Bonchev–Trinajstić information content (AvgIpc) is 3.20. The number of likely N-dealkylation sites (tertiary alicyclic amines) is 1. The largest absolute Gasteiger partial charge is 0.365 e.